The van der Waals surface area contributed by atoms with Crippen LogP contribution in [0, 0.1) is 17.1 Å². The Kier molecular flexibility index (Phi) is 4.75. The molecular weight excluding hydrogens is 321 g/mol. The number of benzene rings is 2. The Bertz CT molecular complexity index is 873. The van der Waals surface area contributed by atoms with Crippen molar-refractivity contribution in [3.8, 4) is 6.07 Å². The molecule has 0 fully saturated rings. The number of carbonyl (C=O) groups is 1. The van der Waals surface area contributed by atoms with Crippen molar-refractivity contribution in [2.45, 2.75) is 19.1 Å². The number of nitriles is 1. The fourth-order valence-corrected chi connectivity index (χ4v) is 2.69. The monoisotopic (exact) mass is 337 g/mol. The summed E-state index contributed by atoms with van der Waals surface area (Å²) in [5, 5.41) is 12.9. The zero-order valence-electron chi connectivity index (χ0n) is 13.6. The maximum atomic E-state index is 13.3. The zero-order valence-corrected chi connectivity index (χ0v) is 13.6. The van der Waals surface area contributed by atoms with Crippen LogP contribution in [0.1, 0.15) is 23.1 Å². The Morgan fingerprint density at radius 3 is 2.92 bits per heavy atom. The van der Waals surface area contributed by atoms with Crippen molar-refractivity contribution < 1.29 is 14.0 Å². The van der Waals surface area contributed by atoms with Gasteiger partial charge in [0.15, 0.2) is 0 Å². The number of likely N-dealkylation sites (N-methyl/N-ethyl adjacent to an activating group) is 1. The Labute approximate surface area is 144 Å². The number of amides is 1. The third kappa shape index (κ3) is 3.83. The van der Waals surface area contributed by atoms with Crippen LogP contribution in [0.5, 0.6) is 0 Å². The van der Waals surface area contributed by atoms with E-state index in [-0.39, 0.29) is 11.7 Å². The molecule has 3 rings (SSSR count). The minimum absolute atomic E-state index is 0.211. The molecule has 2 aromatic carbocycles. The third-order valence-corrected chi connectivity index (χ3v) is 3.95. The molecular formula is C19H16FN3O2. The van der Waals surface area contributed by atoms with Crippen molar-refractivity contribution in [3.05, 3.63) is 71.0 Å². The highest BCUT2D eigenvalue weighted by atomic mass is 19.1. The number of hydrogen-bond acceptors (Lipinski definition) is 4. The minimum Gasteiger partial charge on any atom is -0.382 e. The second-order valence-corrected chi connectivity index (χ2v) is 5.85. The molecule has 5 nitrogen and oxygen atoms in total. The summed E-state index contributed by atoms with van der Waals surface area (Å²) in [5.74, 6) is -0.568. The molecule has 0 unspecified atom stereocenters. The number of nitrogens with zero attached hydrogens (tertiary/aromatic N) is 3. The van der Waals surface area contributed by atoms with E-state index >= 15 is 0 Å². The van der Waals surface area contributed by atoms with Crippen molar-refractivity contribution in [2.75, 3.05) is 7.05 Å². The van der Waals surface area contributed by atoms with E-state index in [1.165, 1.54) is 17.0 Å². The quantitative estimate of drug-likeness (QED) is 0.862. The Hall–Kier alpha value is -3.20. The topological polar surface area (TPSA) is 65.7 Å². The Morgan fingerprint density at radius 1 is 1.36 bits per heavy atom. The molecule has 25 heavy (non-hydrogen) atoms. The smallest absolute Gasteiger partial charge is 0.266 e. The molecule has 0 aliphatic carbocycles. The Morgan fingerprint density at radius 2 is 2.16 bits per heavy atom. The third-order valence-electron chi connectivity index (χ3n) is 3.95. The molecule has 1 aliphatic heterocycles. The summed E-state index contributed by atoms with van der Waals surface area (Å²) in [7, 11) is 1.67. The SMILES string of the molecule is CN(Cc1cccc(C#N)c1)C(=O)[C@@H]1CC(c2cccc(F)c2)=NO1. The molecule has 1 aliphatic rings. The molecule has 126 valence electrons. The maximum absolute atomic E-state index is 13.3. The molecule has 0 saturated heterocycles. The largest absolute Gasteiger partial charge is 0.382 e. The molecule has 0 spiro atoms. The lowest BCUT2D eigenvalue weighted by atomic mass is 10.0. The fourth-order valence-electron chi connectivity index (χ4n) is 2.69. The van der Waals surface area contributed by atoms with Crippen LogP contribution in [0.2, 0.25) is 0 Å². The average Bonchev–Trinajstić information content (AvgIpc) is 3.11. The molecule has 0 bridgehead atoms. The molecule has 1 heterocycles. The van der Waals surface area contributed by atoms with Gasteiger partial charge in [-0.25, -0.2) is 4.39 Å². The van der Waals surface area contributed by atoms with Crippen LogP contribution in [-0.2, 0) is 16.2 Å². The first-order valence-corrected chi connectivity index (χ1v) is 7.79. The summed E-state index contributed by atoms with van der Waals surface area (Å²) in [4.78, 5) is 19.3. The zero-order chi connectivity index (χ0) is 17.8. The number of hydrogen-bond donors (Lipinski definition) is 0. The van der Waals surface area contributed by atoms with Crippen molar-refractivity contribution in [2.24, 2.45) is 5.16 Å². The average molecular weight is 337 g/mol. The highest BCUT2D eigenvalue weighted by Crippen LogP contribution is 2.19. The predicted octanol–water partition coefficient (Wildman–Crippen LogP) is 2.85. The molecule has 0 N–H and O–H groups in total. The van der Waals surface area contributed by atoms with Gasteiger partial charge < -0.3 is 9.74 Å². The van der Waals surface area contributed by atoms with E-state index in [9.17, 15) is 9.18 Å². The van der Waals surface area contributed by atoms with E-state index in [1.807, 2.05) is 6.07 Å². The van der Waals surface area contributed by atoms with E-state index in [0.717, 1.165) is 5.56 Å². The standard InChI is InChI=1S/C19H16FN3O2/c1-23(12-14-5-2-4-13(8-14)11-21)19(24)18-10-17(22-25-18)15-6-3-7-16(20)9-15/h2-9,18H,10,12H2,1H3/t18-/m0/s1. The van der Waals surface area contributed by atoms with Crippen molar-refractivity contribution in [3.63, 3.8) is 0 Å². The predicted molar refractivity (Wildman–Crippen MR) is 90.1 cm³/mol. The lowest BCUT2D eigenvalue weighted by Crippen LogP contribution is -2.36. The van der Waals surface area contributed by atoms with Gasteiger partial charge in [-0.1, -0.05) is 29.4 Å². The number of halogens is 1. The van der Waals surface area contributed by atoms with E-state index < -0.39 is 6.10 Å². The highest BCUT2D eigenvalue weighted by molar-refractivity contribution is 6.04. The van der Waals surface area contributed by atoms with Crippen molar-refractivity contribution in [1.82, 2.24) is 4.90 Å². The van der Waals surface area contributed by atoms with Gasteiger partial charge in [-0.3, -0.25) is 4.79 Å². The summed E-state index contributed by atoms with van der Waals surface area (Å²) < 4.78 is 13.3. The van der Waals surface area contributed by atoms with Crippen LogP contribution in [0.4, 0.5) is 4.39 Å². The number of oxime groups is 1. The number of rotatable bonds is 4. The van der Waals surface area contributed by atoms with Crippen LogP contribution < -0.4 is 0 Å². The second-order valence-electron chi connectivity index (χ2n) is 5.85. The summed E-state index contributed by atoms with van der Waals surface area (Å²) in [6.45, 7) is 0.365. The lowest BCUT2D eigenvalue weighted by molar-refractivity contribution is -0.141. The summed E-state index contributed by atoms with van der Waals surface area (Å²) in [6, 6.07) is 15.2. The van der Waals surface area contributed by atoms with Gasteiger partial charge >= 0.3 is 0 Å². The summed E-state index contributed by atoms with van der Waals surface area (Å²) in [5.41, 5.74) is 2.57. The van der Waals surface area contributed by atoms with Gasteiger partial charge in [-0.05, 0) is 29.8 Å². The van der Waals surface area contributed by atoms with Crippen molar-refractivity contribution in [1.29, 1.82) is 5.26 Å². The fraction of sp³-hybridized carbons (Fsp3) is 0.211. The second kappa shape index (κ2) is 7.14. The van der Waals surface area contributed by atoms with Crippen LogP contribution in [0.25, 0.3) is 0 Å². The molecule has 0 aromatic heterocycles. The van der Waals surface area contributed by atoms with E-state index in [0.29, 0.717) is 29.8 Å². The molecule has 1 atom stereocenters. The van der Waals surface area contributed by atoms with Gasteiger partial charge in [0.2, 0.25) is 6.10 Å². The summed E-state index contributed by atoms with van der Waals surface area (Å²) >= 11 is 0. The molecule has 2 aromatic rings. The van der Waals surface area contributed by atoms with Crippen LogP contribution in [-0.4, -0.2) is 29.7 Å². The van der Waals surface area contributed by atoms with Crippen LogP contribution in [0.15, 0.2) is 53.7 Å². The van der Waals surface area contributed by atoms with Gasteiger partial charge in [0.25, 0.3) is 5.91 Å². The first kappa shape index (κ1) is 16.7. The minimum atomic E-state index is -0.720. The highest BCUT2D eigenvalue weighted by Gasteiger charge is 2.31. The molecule has 0 saturated carbocycles. The van der Waals surface area contributed by atoms with Gasteiger partial charge in [-0.15, -0.1) is 0 Å². The lowest BCUT2D eigenvalue weighted by Gasteiger charge is -2.20. The maximum Gasteiger partial charge on any atom is 0.266 e. The first-order chi connectivity index (χ1) is 12.1. The van der Waals surface area contributed by atoms with Gasteiger partial charge in [-0.2, -0.15) is 5.26 Å². The Balaban J connectivity index is 1.63. The molecule has 1 amide bonds. The van der Waals surface area contributed by atoms with Crippen molar-refractivity contribution >= 4 is 11.6 Å². The molecule has 6 heteroatoms. The van der Waals surface area contributed by atoms with E-state index in [4.69, 9.17) is 10.1 Å². The number of carbonyl (C=O) groups excluding carboxylic acids is 1. The van der Waals surface area contributed by atoms with Crippen LogP contribution >= 0.6 is 0 Å². The normalized spacial score (nSPS) is 15.9. The van der Waals surface area contributed by atoms with E-state index in [2.05, 4.69) is 11.2 Å². The molecule has 0 radical (unpaired) electrons. The first-order valence-electron chi connectivity index (χ1n) is 7.79. The van der Waals surface area contributed by atoms with Gasteiger partial charge in [0, 0.05) is 25.6 Å². The van der Waals surface area contributed by atoms with E-state index in [1.54, 1.807) is 37.4 Å². The van der Waals surface area contributed by atoms with Crippen LogP contribution in [0.3, 0.4) is 0 Å². The van der Waals surface area contributed by atoms with Gasteiger partial charge in [0.1, 0.15) is 5.82 Å². The van der Waals surface area contributed by atoms with Gasteiger partial charge in [0.05, 0.1) is 17.3 Å². The summed E-state index contributed by atoms with van der Waals surface area (Å²) in [6.07, 6.45) is -0.423.